The van der Waals surface area contributed by atoms with E-state index in [1.807, 2.05) is 0 Å². The molecule has 0 radical (unpaired) electrons. The zero-order valence-electron chi connectivity index (χ0n) is 8.47. The third kappa shape index (κ3) is 1.98. The maximum absolute atomic E-state index is 11.4. The molecule has 2 aromatic rings. The summed E-state index contributed by atoms with van der Waals surface area (Å²) in [5.41, 5.74) is 6.01. The van der Waals surface area contributed by atoms with E-state index in [0.717, 1.165) is 0 Å². The van der Waals surface area contributed by atoms with Crippen molar-refractivity contribution >= 4 is 18.2 Å². The smallest absolute Gasteiger partial charge is 0.250 e. The lowest BCUT2D eigenvalue weighted by Crippen LogP contribution is -2.14. The molecule has 82 valence electrons. The number of nitrogens with one attached hydrogen (secondary N) is 1. The number of nitrogens with two attached hydrogens (primary N) is 1. The molecule has 3 N–H and O–H groups in total. The van der Waals surface area contributed by atoms with Gasteiger partial charge in [-0.15, -0.1) is 0 Å². The van der Waals surface area contributed by atoms with Crippen LogP contribution in [0.3, 0.4) is 0 Å². The number of nitrogen functional groups attached to an aromatic ring is 1. The Morgan fingerprint density at radius 3 is 2.88 bits per heavy atom. The first-order valence-corrected chi connectivity index (χ1v) is 4.88. The maximum Gasteiger partial charge on any atom is 0.250 e. The van der Waals surface area contributed by atoms with E-state index in [2.05, 4.69) is 15.0 Å². The molecule has 16 heavy (non-hydrogen) atoms. The Morgan fingerprint density at radius 2 is 2.25 bits per heavy atom. The minimum atomic E-state index is -0.131. The van der Waals surface area contributed by atoms with Crippen molar-refractivity contribution in [2.45, 2.75) is 0 Å². The molecule has 0 saturated carbocycles. The van der Waals surface area contributed by atoms with Gasteiger partial charge in [-0.05, 0) is 18.3 Å². The van der Waals surface area contributed by atoms with Crippen LogP contribution in [0.15, 0.2) is 23.1 Å². The van der Waals surface area contributed by atoms with Crippen LogP contribution in [-0.4, -0.2) is 19.5 Å². The van der Waals surface area contributed by atoms with Crippen LogP contribution in [-0.2, 0) is 7.05 Å². The largest absolute Gasteiger partial charge is 0.369 e. The van der Waals surface area contributed by atoms with Gasteiger partial charge >= 0.3 is 0 Å². The Hall–Kier alpha value is -2.02. The quantitative estimate of drug-likeness (QED) is 0.702. The summed E-state index contributed by atoms with van der Waals surface area (Å²) < 4.78 is 1.61. The van der Waals surface area contributed by atoms with Crippen LogP contribution < -0.4 is 11.3 Å². The number of pyridine rings is 1. The zero-order valence-corrected chi connectivity index (χ0v) is 9.28. The Balaban J connectivity index is 2.63. The summed E-state index contributed by atoms with van der Waals surface area (Å²) in [6.07, 6.45) is 1.65. The number of aromatic amines is 1. The summed E-state index contributed by atoms with van der Waals surface area (Å²) in [5, 5.41) is 0. The van der Waals surface area contributed by atoms with Crippen molar-refractivity contribution in [1.82, 2.24) is 19.5 Å². The SMILES string of the molecule is Cn1ccc(-c2nc(=S)nc(N)[nH]2)cc1=O. The fourth-order valence-corrected chi connectivity index (χ4v) is 1.42. The van der Waals surface area contributed by atoms with Gasteiger partial charge in [0.05, 0.1) is 0 Å². The first-order valence-electron chi connectivity index (χ1n) is 4.47. The molecule has 0 unspecified atom stereocenters. The van der Waals surface area contributed by atoms with Crippen LogP contribution >= 0.6 is 12.2 Å². The average molecular weight is 235 g/mol. The van der Waals surface area contributed by atoms with Gasteiger partial charge in [-0.25, -0.2) is 4.98 Å². The second kappa shape index (κ2) is 3.86. The van der Waals surface area contributed by atoms with E-state index in [1.165, 1.54) is 10.6 Å². The molecule has 7 heteroatoms. The van der Waals surface area contributed by atoms with Crippen molar-refractivity contribution < 1.29 is 0 Å². The topological polar surface area (TPSA) is 89.6 Å². The highest BCUT2D eigenvalue weighted by Gasteiger charge is 2.03. The van der Waals surface area contributed by atoms with Crippen LogP contribution in [0.2, 0.25) is 0 Å². The molecule has 0 bridgehead atoms. The highest BCUT2D eigenvalue weighted by atomic mass is 32.1. The van der Waals surface area contributed by atoms with Gasteiger partial charge in [0.2, 0.25) is 10.7 Å². The lowest BCUT2D eigenvalue weighted by Gasteiger charge is -2.02. The lowest BCUT2D eigenvalue weighted by molar-refractivity contribution is 0.860. The molecule has 0 amide bonds. The van der Waals surface area contributed by atoms with Crippen molar-refractivity contribution in [3.8, 4) is 11.4 Å². The van der Waals surface area contributed by atoms with Gasteiger partial charge in [0.25, 0.3) is 5.56 Å². The molecule has 2 heterocycles. The molecule has 0 spiro atoms. The van der Waals surface area contributed by atoms with Gasteiger partial charge in [-0.2, -0.15) is 4.98 Å². The normalized spacial score (nSPS) is 10.3. The Labute approximate surface area is 95.8 Å². The van der Waals surface area contributed by atoms with Crippen molar-refractivity contribution in [3.05, 3.63) is 33.5 Å². The predicted molar refractivity (Wildman–Crippen MR) is 62.3 cm³/mol. The summed E-state index contributed by atoms with van der Waals surface area (Å²) in [4.78, 5) is 21.9. The molecule has 0 aromatic carbocycles. The number of aromatic nitrogens is 4. The summed E-state index contributed by atoms with van der Waals surface area (Å²) >= 11 is 4.84. The second-order valence-corrected chi connectivity index (χ2v) is 3.59. The van der Waals surface area contributed by atoms with E-state index in [9.17, 15) is 4.79 Å². The van der Waals surface area contributed by atoms with E-state index in [4.69, 9.17) is 18.0 Å². The van der Waals surface area contributed by atoms with Crippen LogP contribution in [0.4, 0.5) is 5.95 Å². The van der Waals surface area contributed by atoms with Gasteiger partial charge in [-0.3, -0.25) is 4.79 Å². The van der Waals surface area contributed by atoms with Crippen molar-refractivity contribution in [3.63, 3.8) is 0 Å². The number of anilines is 1. The number of hydrogen-bond donors (Lipinski definition) is 2. The number of hydrogen-bond acceptors (Lipinski definition) is 5. The molecule has 0 saturated heterocycles. The van der Waals surface area contributed by atoms with E-state index < -0.39 is 0 Å². The van der Waals surface area contributed by atoms with Crippen molar-refractivity contribution in [1.29, 1.82) is 0 Å². The van der Waals surface area contributed by atoms with E-state index in [1.54, 1.807) is 19.3 Å². The molecule has 0 aliphatic carbocycles. The highest BCUT2D eigenvalue weighted by Crippen LogP contribution is 2.11. The Morgan fingerprint density at radius 1 is 1.50 bits per heavy atom. The molecule has 2 rings (SSSR count). The number of H-pyrrole nitrogens is 1. The van der Waals surface area contributed by atoms with Gasteiger partial charge in [0, 0.05) is 24.9 Å². The fraction of sp³-hybridized carbons (Fsp3) is 0.111. The summed E-state index contributed by atoms with van der Waals surface area (Å²) in [6.45, 7) is 0. The van der Waals surface area contributed by atoms with Gasteiger partial charge < -0.3 is 15.3 Å². The molecule has 0 aliphatic rings. The summed E-state index contributed by atoms with van der Waals surface area (Å²) in [5.74, 6) is 0.617. The molecular weight excluding hydrogens is 226 g/mol. The second-order valence-electron chi connectivity index (χ2n) is 3.23. The third-order valence-corrected chi connectivity index (χ3v) is 2.23. The first kappa shape index (κ1) is 10.5. The molecule has 6 nitrogen and oxygen atoms in total. The third-order valence-electron chi connectivity index (χ3n) is 2.05. The van der Waals surface area contributed by atoms with Gasteiger partial charge in [-0.1, -0.05) is 0 Å². The Bertz CT molecular complexity index is 645. The number of nitrogens with zero attached hydrogens (tertiary/aromatic N) is 3. The van der Waals surface area contributed by atoms with Crippen molar-refractivity contribution in [2.75, 3.05) is 5.73 Å². The van der Waals surface area contributed by atoms with Crippen LogP contribution in [0.1, 0.15) is 0 Å². The zero-order chi connectivity index (χ0) is 11.7. The Kier molecular flexibility index (Phi) is 2.53. The van der Waals surface area contributed by atoms with Crippen molar-refractivity contribution in [2.24, 2.45) is 7.05 Å². The lowest BCUT2D eigenvalue weighted by atomic mass is 10.2. The van der Waals surface area contributed by atoms with Gasteiger partial charge in [0.15, 0.2) is 0 Å². The van der Waals surface area contributed by atoms with Crippen LogP contribution in [0.25, 0.3) is 11.4 Å². The van der Waals surface area contributed by atoms with Crippen LogP contribution in [0.5, 0.6) is 0 Å². The number of aryl methyl sites for hydroxylation is 1. The monoisotopic (exact) mass is 235 g/mol. The average Bonchev–Trinajstić information content (AvgIpc) is 2.20. The van der Waals surface area contributed by atoms with E-state index in [0.29, 0.717) is 11.4 Å². The standard InChI is InChI=1S/C9H9N5OS/c1-14-3-2-5(4-6(14)15)7-11-8(10)13-9(16)12-7/h2-4H,1H3,(H3,10,11,12,13,16). The first-order chi connectivity index (χ1) is 7.56. The molecule has 0 fully saturated rings. The molecule has 2 aromatic heterocycles. The van der Waals surface area contributed by atoms with E-state index in [-0.39, 0.29) is 16.3 Å². The summed E-state index contributed by atoms with van der Waals surface area (Å²) in [6, 6.07) is 3.20. The minimum Gasteiger partial charge on any atom is -0.369 e. The summed E-state index contributed by atoms with van der Waals surface area (Å²) in [7, 11) is 1.67. The highest BCUT2D eigenvalue weighted by molar-refractivity contribution is 7.71. The van der Waals surface area contributed by atoms with Gasteiger partial charge in [0.1, 0.15) is 5.82 Å². The molecule has 0 aliphatic heterocycles. The minimum absolute atomic E-state index is 0.131. The predicted octanol–water partition coefficient (Wildman–Crippen LogP) is 0.482. The molecule has 0 atom stereocenters. The number of rotatable bonds is 1. The fourth-order valence-electron chi connectivity index (χ4n) is 1.23. The molecular formula is C9H9N5OS. The van der Waals surface area contributed by atoms with E-state index >= 15 is 0 Å². The maximum atomic E-state index is 11.4. The van der Waals surface area contributed by atoms with Crippen LogP contribution in [0, 0.1) is 4.77 Å².